The first kappa shape index (κ1) is 14.3. The van der Waals surface area contributed by atoms with Crippen molar-refractivity contribution in [2.45, 2.75) is 19.8 Å². The summed E-state index contributed by atoms with van der Waals surface area (Å²) in [6.45, 7) is 1.80. The number of anilines is 1. The van der Waals surface area contributed by atoms with Crippen molar-refractivity contribution >= 4 is 29.1 Å². The summed E-state index contributed by atoms with van der Waals surface area (Å²) in [6, 6.07) is 8.69. The lowest BCUT2D eigenvalue weighted by molar-refractivity contribution is -0.116. The monoisotopic (exact) mass is 291 g/mol. The minimum Gasteiger partial charge on any atom is -0.325 e. The van der Waals surface area contributed by atoms with Crippen LogP contribution in [0.15, 0.2) is 36.5 Å². The van der Waals surface area contributed by atoms with Gasteiger partial charge in [0.25, 0.3) is 0 Å². The van der Waals surface area contributed by atoms with E-state index in [0.717, 1.165) is 5.69 Å². The zero-order valence-electron chi connectivity index (χ0n) is 11.0. The summed E-state index contributed by atoms with van der Waals surface area (Å²) >= 11 is 5.93. The minimum absolute atomic E-state index is 0.0863. The van der Waals surface area contributed by atoms with Gasteiger partial charge in [0.2, 0.25) is 11.8 Å². The lowest BCUT2D eigenvalue weighted by atomic mass is 10.2. The second-order valence-corrected chi connectivity index (χ2v) is 4.73. The standard InChI is InChI=1S/C14H14ClN3O2/c1-10-8-9-18(17-10)14(20)7-6-13(19)16-12-5-3-2-4-11(12)15/h2-5,8-9H,6-7H2,1H3,(H,16,19). The molecule has 0 aliphatic rings. The molecule has 6 heteroatoms. The summed E-state index contributed by atoms with van der Waals surface area (Å²) in [4.78, 5) is 23.5. The quantitative estimate of drug-likeness (QED) is 0.942. The zero-order valence-corrected chi connectivity index (χ0v) is 11.7. The van der Waals surface area contributed by atoms with E-state index < -0.39 is 0 Å². The highest BCUT2D eigenvalue weighted by atomic mass is 35.5. The Kier molecular flexibility index (Phi) is 4.53. The molecule has 0 saturated carbocycles. The van der Waals surface area contributed by atoms with Gasteiger partial charge in [-0.3, -0.25) is 9.59 Å². The molecule has 1 heterocycles. The molecule has 2 aromatic rings. The van der Waals surface area contributed by atoms with Gasteiger partial charge in [-0.2, -0.15) is 5.10 Å². The van der Waals surface area contributed by atoms with Crippen molar-refractivity contribution in [2.75, 3.05) is 5.32 Å². The molecule has 1 aromatic heterocycles. The molecule has 0 aliphatic heterocycles. The molecule has 0 unspecified atom stereocenters. The summed E-state index contributed by atoms with van der Waals surface area (Å²) in [6.07, 6.45) is 1.77. The SMILES string of the molecule is Cc1ccn(C(=O)CCC(=O)Nc2ccccc2Cl)n1. The number of aromatic nitrogens is 2. The molecule has 0 fully saturated rings. The number of halogens is 1. The van der Waals surface area contributed by atoms with Crippen molar-refractivity contribution in [3.8, 4) is 0 Å². The Balaban J connectivity index is 1.87. The van der Waals surface area contributed by atoms with Gasteiger partial charge in [0.1, 0.15) is 0 Å². The Morgan fingerprint density at radius 1 is 1.25 bits per heavy atom. The molecule has 2 rings (SSSR count). The van der Waals surface area contributed by atoms with Gasteiger partial charge in [-0.25, -0.2) is 4.68 Å². The second-order valence-electron chi connectivity index (χ2n) is 4.32. The number of nitrogens with one attached hydrogen (secondary N) is 1. The smallest absolute Gasteiger partial charge is 0.247 e. The van der Waals surface area contributed by atoms with Crippen LogP contribution in [0.4, 0.5) is 5.69 Å². The third-order valence-corrected chi connectivity index (χ3v) is 3.02. The molecule has 0 radical (unpaired) electrons. The molecule has 1 N–H and O–H groups in total. The van der Waals surface area contributed by atoms with Gasteiger partial charge >= 0.3 is 0 Å². The van der Waals surface area contributed by atoms with Crippen molar-refractivity contribution in [1.29, 1.82) is 0 Å². The number of hydrogen-bond acceptors (Lipinski definition) is 3. The summed E-state index contributed by atoms with van der Waals surface area (Å²) in [5.74, 6) is -0.470. The molecule has 5 nitrogen and oxygen atoms in total. The van der Waals surface area contributed by atoms with Crippen molar-refractivity contribution in [3.05, 3.63) is 47.2 Å². The highest BCUT2D eigenvalue weighted by molar-refractivity contribution is 6.33. The molecule has 0 bridgehead atoms. The van der Waals surface area contributed by atoms with E-state index >= 15 is 0 Å². The van der Waals surface area contributed by atoms with E-state index in [4.69, 9.17) is 11.6 Å². The predicted molar refractivity (Wildman–Crippen MR) is 76.9 cm³/mol. The van der Waals surface area contributed by atoms with Crippen molar-refractivity contribution in [3.63, 3.8) is 0 Å². The number of carbonyl (C=O) groups is 2. The van der Waals surface area contributed by atoms with E-state index in [1.54, 1.807) is 43.5 Å². The first-order chi connectivity index (χ1) is 9.56. The minimum atomic E-state index is -0.254. The van der Waals surface area contributed by atoms with E-state index in [-0.39, 0.29) is 24.7 Å². The van der Waals surface area contributed by atoms with Gasteiger partial charge in [-0.15, -0.1) is 0 Å². The van der Waals surface area contributed by atoms with E-state index in [9.17, 15) is 9.59 Å². The Morgan fingerprint density at radius 3 is 2.65 bits per heavy atom. The van der Waals surface area contributed by atoms with Crippen LogP contribution in [-0.2, 0) is 4.79 Å². The average Bonchev–Trinajstić information content (AvgIpc) is 2.85. The molecule has 1 amide bonds. The summed E-state index contributed by atoms with van der Waals surface area (Å²) in [7, 11) is 0. The largest absolute Gasteiger partial charge is 0.325 e. The third kappa shape index (κ3) is 3.68. The molecule has 0 aliphatic carbocycles. The fourth-order valence-electron chi connectivity index (χ4n) is 1.66. The fourth-order valence-corrected chi connectivity index (χ4v) is 1.85. The predicted octanol–water partition coefficient (Wildman–Crippen LogP) is 2.90. The van der Waals surface area contributed by atoms with E-state index in [0.29, 0.717) is 10.7 Å². The molecule has 104 valence electrons. The van der Waals surface area contributed by atoms with Crippen LogP contribution in [0.2, 0.25) is 5.02 Å². The Hall–Kier alpha value is -2.14. The molecular weight excluding hydrogens is 278 g/mol. The Bertz CT molecular complexity index is 637. The zero-order chi connectivity index (χ0) is 14.5. The first-order valence-electron chi connectivity index (χ1n) is 6.16. The Morgan fingerprint density at radius 2 is 2.00 bits per heavy atom. The normalized spacial score (nSPS) is 10.3. The highest BCUT2D eigenvalue weighted by Crippen LogP contribution is 2.20. The van der Waals surface area contributed by atoms with Crippen LogP contribution in [0.5, 0.6) is 0 Å². The van der Waals surface area contributed by atoms with Gasteiger partial charge < -0.3 is 5.32 Å². The van der Waals surface area contributed by atoms with Crippen LogP contribution in [0.3, 0.4) is 0 Å². The number of amides is 1. The van der Waals surface area contributed by atoms with Gasteiger partial charge in [-0.05, 0) is 25.1 Å². The van der Waals surface area contributed by atoms with Crippen molar-refractivity contribution in [2.24, 2.45) is 0 Å². The second kappa shape index (κ2) is 6.34. The van der Waals surface area contributed by atoms with Crippen LogP contribution in [0.1, 0.15) is 23.3 Å². The van der Waals surface area contributed by atoms with E-state index in [1.165, 1.54) is 4.68 Å². The lowest BCUT2D eigenvalue weighted by Crippen LogP contribution is -2.17. The van der Waals surface area contributed by atoms with E-state index in [2.05, 4.69) is 10.4 Å². The lowest BCUT2D eigenvalue weighted by Gasteiger charge is -2.06. The average molecular weight is 292 g/mol. The molecule has 0 saturated heterocycles. The topological polar surface area (TPSA) is 64.0 Å². The molecule has 20 heavy (non-hydrogen) atoms. The number of benzene rings is 1. The maximum Gasteiger partial charge on any atom is 0.247 e. The van der Waals surface area contributed by atoms with Gasteiger partial charge in [0.15, 0.2) is 0 Å². The number of hydrogen-bond donors (Lipinski definition) is 1. The van der Waals surface area contributed by atoms with Crippen molar-refractivity contribution in [1.82, 2.24) is 9.78 Å². The summed E-state index contributed by atoms with van der Waals surface area (Å²) in [5.41, 5.74) is 1.31. The van der Waals surface area contributed by atoms with Gasteiger partial charge in [0.05, 0.1) is 16.4 Å². The number of nitrogens with zero attached hydrogens (tertiary/aromatic N) is 2. The Labute approximate surface area is 121 Å². The molecule has 1 aromatic carbocycles. The number of aryl methyl sites for hydroxylation is 1. The van der Waals surface area contributed by atoms with Crippen molar-refractivity contribution < 1.29 is 9.59 Å². The maximum absolute atomic E-state index is 11.8. The molecule has 0 spiro atoms. The van der Waals surface area contributed by atoms with Crippen LogP contribution in [0.25, 0.3) is 0 Å². The van der Waals surface area contributed by atoms with Crippen LogP contribution in [-0.4, -0.2) is 21.6 Å². The van der Waals surface area contributed by atoms with Crippen LogP contribution in [0, 0.1) is 6.92 Å². The summed E-state index contributed by atoms with van der Waals surface area (Å²) in [5, 5.41) is 7.14. The fraction of sp³-hybridized carbons (Fsp3) is 0.214. The van der Waals surface area contributed by atoms with Crippen LogP contribution >= 0.6 is 11.6 Å². The summed E-state index contributed by atoms with van der Waals surface area (Å²) < 4.78 is 1.25. The maximum atomic E-state index is 11.8. The highest BCUT2D eigenvalue weighted by Gasteiger charge is 2.10. The van der Waals surface area contributed by atoms with Crippen LogP contribution < -0.4 is 5.32 Å². The number of rotatable bonds is 4. The van der Waals surface area contributed by atoms with E-state index in [1.807, 2.05) is 0 Å². The van der Waals surface area contributed by atoms with Gasteiger partial charge in [0, 0.05) is 19.0 Å². The molecular formula is C14H14ClN3O2. The first-order valence-corrected chi connectivity index (χ1v) is 6.54. The number of para-hydroxylation sites is 1. The molecule has 0 atom stereocenters. The van der Waals surface area contributed by atoms with Gasteiger partial charge in [-0.1, -0.05) is 23.7 Å². The number of carbonyl (C=O) groups excluding carboxylic acids is 2. The third-order valence-electron chi connectivity index (χ3n) is 2.69.